The highest BCUT2D eigenvalue weighted by atomic mass is 16.4. The number of aryl methyl sites for hydroxylation is 10. The number of aliphatic carboxylic acids is 6. The Morgan fingerprint density at radius 3 is 0.544 bits per heavy atom. The number of benzene rings is 2. The number of aromatic nitrogens is 6. The van der Waals surface area contributed by atoms with E-state index in [1.165, 1.54) is 68.5 Å². The number of unbranched alkanes of at least 4 members (excludes halogenated alkanes) is 1. The number of hydrogen-bond acceptors (Lipinski definition) is 12. The van der Waals surface area contributed by atoms with E-state index in [1.807, 2.05) is 74.4 Å². The molecule has 0 unspecified atom stereocenters. The quantitative estimate of drug-likeness (QED) is 0.0462. The standard InChI is InChI=1S/C14H16N2.2C12H12N2.2C9H12O6.2C8H10/c1(3-13-5-9-15-10-6-13)2-4-14-7-11-16-12-8-14;2*1(11-3-7-13-8-4-11)2-12-5-9-14-10-6-12;2*10-7(11)4-1-5(8(12)13)3-6(2-4)9(14)15;2*1-7-5-3-4-6-8(7)2/h5-12H,1-4H2;2*3-10H,1-2H2;2*4-6H,1-3H2,(H,10,11)(H,12,13)(H,14,15);2*3-6H,1-2H3. The van der Waals surface area contributed by atoms with E-state index in [9.17, 15) is 28.8 Å². The third-order valence-electron chi connectivity index (χ3n) is 15.4. The third kappa shape index (κ3) is 29.7. The second kappa shape index (κ2) is 41.3. The Morgan fingerprint density at radius 2 is 0.411 bits per heavy atom. The topological polar surface area (TPSA) is 301 Å². The normalized spacial score (nSPS) is 16.8. The van der Waals surface area contributed by atoms with Gasteiger partial charge >= 0.3 is 35.8 Å². The van der Waals surface area contributed by atoms with Crippen LogP contribution < -0.4 is 0 Å². The van der Waals surface area contributed by atoms with Gasteiger partial charge in [0.25, 0.3) is 0 Å². The van der Waals surface area contributed by atoms with E-state index in [0.717, 1.165) is 38.5 Å². The van der Waals surface area contributed by atoms with Gasteiger partial charge in [-0.2, -0.15) is 0 Å². The maximum Gasteiger partial charge on any atom is 0.306 e. The largest absolute Gasteiger partial charge is 0.481 e. The third-order valence-corrected chi connectivity index (χ3v) is 15.4. The highest BCUT2D eigenvalue weighted by Crippen LogP contribution is 2.35. The molecule has 0 spiro atoms. The van der Waals surface area contributed by atoms with Gasteiger partial charge in [0.2, 0.25) is 0 Å². The molecule has 0 aliphatic heterocycles. The molecule has 2 aliphatic carbocycles. The molecule has 0 saturated heterocycles. The lowest BCUT2D eigenvalue weighted by molar-refractivity contribution is -0.156. The van der Waals surface area contributed by atoms with Crippen molar-refractivity contribution in [3.8, 4) is 0 Å². The summed E-state index contributed by atoms with van der Waals surface area (Å²) in [5, 5.41) is 52.5. The molecule has 0 radical (unpaired) electrons. The lowest BCUT2D eigenvalue weighted by atomic mass is 9.75. The van der Waals surface area contributed by atoms with Crippen molar-refractivity contribution in [2.75, 3.05) is 0 Å². The van der Waals surface area contributed by atoms with Crippen molar-refractivity contribution >= 4 is 35.8 Å². The summed E-state index contributed by atoms with van der Waals surface area (Å²) in [4.78, 5) is 88.2. The van der Waals surface area contributed by atoms with Crippen molar-refractivity contribution in [1.82, 2.24) is 29.9 Å². The zero-order valence-electron chi connectivity index (χ0n) is 51.7. The van der Waals surface area contributed by atoms with Gasteiger partial charge in [-0.15, -0.1) is 0 Å². The molecule has 2 aromatic carbocycles. The fraction of sp³-hybridized carbons (Fsp3) is 0.333. The lowest BCUT2D eigenvalue weighted by Gasteiger charge is -2.28. The van der Waals surface area contributed by atoms with Crippen LogP contribution in [-0.4, -0.2) is 96.4 Å². The highest BCUT2D eigenvalue weighted by Gasteiger charge is 2.40. The van der Waals surface area contributed by atoms with Crippen molar-refractivity contribution in [3.63, 3.8) is 0 Å². The van der Waals surface area contributed by atoms with Crippen LogP contribution in [0, 0.1) is 63.2 Å². The van der Waals surface area contributed by atoms with Crippen LogP contribution in [0.25, 0.3) is 0 Å². The Morgan fingerprint density at radius 1 is 0.267 bits per heavy atom. The van der Waals surface area contributed by atoms with E-state index >= 15 is 0 Å². The molecule has 90 heavy (non-hydrogen) atoms. The number of carboxylic acids is 6. The number of carboxylic acid groups (broad SMARTS) is 6. The summed E-state index contributed by atoms with van der Waals surface area (Å²) < 4.78 is 0. The monoisotopic (exact) mass is 1220 g/mol. The Labute approximate surface area is 527 Å². The number of hydrogen-bond donors (Lipinski definition) is 6. The van der Waals surface area contributed by atoms with Crippen LogP contribution in [0.1, 0.15) is 107 Å². The predicted octanol–water partition coefficient (Wildman–Crippen LogP) is 12.7. The van der Waals surface area contributed by atoms with Crippen LogP contribution in [0.2, 0.25) is 0 Å². The molecule has 0 atom stereocenters. The summed E-state index contributed by atoms with van der Waals surface area (Å²) in [7, 11) is 0. The Balaban J connectivity index is 0.000000227. The molecule has 8 aromatic rings. The van der Waals surface area contributed by atoms with Crippen molar-refractivity contribution in [3.05, 3.63) is 251 Å². The van der Waals surface area contributed by atoms with Gasteiger partial charge in [0.15, 0.2) is 0 Å². The van der Waals surface area contributed by atoms with Gasteiger partial charge in [0, 0.05) is 74.4 Å². The van der Waals surface area contributed by atoms with Crippen LogP contribution in [0.3, 0.4) is 0 Å². The minimum Gasteiger partial charge on any atom is -0.481 e. The summed E-state index contributed by atoms with van der Waals surface area (Å²) in [6.07, 6.45) is 31.3. The first-order valence-electron chi connectivity index (χ1n) is 30.0. The molecule has 2 fully saturated rings. The molecule has 0 amide bonds. The molecular formula is C72H84N6O12. The Kier molecular flexibility index (Phi) is 33.4. The lowest BCUT2D eigenvalue weighted by Crippen LogP contribution is -2.34. The van der Waals surface area contributed by atoms with E-state index in [4.69, 9.17) is 30.6 Å². The fourth-order valence-electron chi connectivity index (χ4n) is 9.71. The van der Waals surface area contributed by atoms with Gasteiger partial charge < -0.3 is 30.6 Å². The molecule has 6 heterocycles. The van der Waals surface area contributed by atoms with Crippen molar-refractivity contribution < 1.29 is 59.4 Å². The highest BCUT2D eigenvalue weighted by molar-refractivity contribution is 5.79. The molecule has 18 nitrogen and oxygen atoms in total. The molecule has 6 N–H and O–H groups in total. The van der Waals surface area contributed by atoms with E-state index in [1.54, 1.807) is 0 Å². The molecule has 2 saturated carbocycles. The number of nitrogens with zero attached hydrogens (tertiary/aromatic N) is 6. The van der Waals surface area contributed by atoms with Crippen LogP contribution in [0.15, 0.2) is 196 Å². The first kappa shape index (κ1) is 72.6. The fourth-order valence-corrected chi connectivity index (χ4v) is 9.71. The Hall–Kier alpha value is -9.84. The van der Waals surface area contributed by atoms with Crippen molar-refractivity contribution in [2.24, 2.45) is 35.5 Å². The molecular weight excluding hydrogens is 1140 g/mol. The summed E-state index contributed by atoms with van der Waals surface area (Å²) in [6, 6.07) is 41.5. The maximum atomic E-state index is 10.7. The second-order valence-electron chi connectivity index (χ2n) is 22.1. The van der Waals surface area contributed by atoms with Gasteiger partial charge in [0.1, 0.15) is 0 Å². The SMILES string of the molecule is Cc1ccccc1C.Cc1ccccc1C.O=C(O)C1CC(C(=O)O)CC(C(=O)O)C1.O=C(O)C1CC(C(=O)O)CC(C(=O)O)C1.c1cc(CCCCc2ccncc2)ccn1.c1cc(CCc2ccncc2)ccn1.c1cc(CCc2ccncc2)ccn1. The molecule has 18 heteroatoms. The van der Waals surface area contributed by atoms with Gasteiger partial charge in [-0.1, -0.05) is 48.5 Å². The van der Waals surface area contributed by atoms with Crippen LogP contribution in [0.5, 0.6) is 0 Å². The summed E-state index contributed by atoms with van der Waals surface area (Å²) >= 11 is 0. The van der Waals surface area contributed by atoms with Crippen LogP contribution >= 0.6 is 0 Å². The van der Waals surface area contributed by atoms with Crippen molar-refractivity contribution in [1.29, 1.82) is 0 Å². The van der Waals surface area contributed by atoms with E-state index in [0.29, 0.717) is 0 Å². The number of rotatable bonds is 17. The van der Waals surface area contributed by atoms with E-state index in [2.05, 4.69) is 179 Å². The number of pyridine rings is 6. The number of carbonyl (C=O) groups is 6. The minimum atomic E-state index is -1.12. The first-order valence-corrected chi connectivity index (χ1v) is 30.0. The predicted molar refractivity (Wildman–Crippen MR) is 343 cm³/mol. The summed E-state index contributed by atoms with van der Waals surface area (Å²) in [5.41, 5.74) is 13.6. The van der Waals surface area contributed by atoms with Gasteiger partial charge in [-0.05, 0) is 246 Å². The van der Waals surface area contributed by atoms with Gasteiger partial charge in [-0.3, -0.25) is 58.7 Å². The molecule has 474 valence electrons. The minimum absolute atomic E-state index is 0.0223. The zero-order chi connectivity index (χ0) is 65.5. The molecule has 10 rings (SSSR count). The average Bonchev–Trinajstić information content (AvgIpc) is 1.61. The van der Waals surface area contributed by atoms with E-state index < -0.39 is 71.3 Å². The van der Waals surface area contributed by atoms with Gasteiger partial charge in [-0.25, -0.2) is 0 Å². The van der Waals surface area contributed by atoms with E-state index in [-0.39, 0.29) is 38.5 Å². The maximum absolute atomic E-state index is 10.7. The average molecular weight is 1230 g/mol. The van der Waals surface area contributed by atoms with Crippen LogP contribution in [0.4, 0.5) is 0 Å². The molecule has 2 aliphatic rings. The zero-order valence-corrected chi connectivity index (χ0v) is 51.7. The first-order chi connectivity index (χ1) is 43.3. The Bertz CT molecular complexity index is 2900. The molecule has 0 bridgehead atoms. The van der Waals surface area contributed by atoms with Crippen LogP contribution in [-0.2, 0) is 67.3 Å². The van der Waals surface area contributed by atoms with Gasteiger partial charge in [0.05, 0.1) is 35.5 Å². The summed E-state index contributed by atoms with van der Waals surface area (Å²) in [5.74, 6) is -11.9. The molecule has 6 aromatic heterocycles. The smallest absolute Gasteiger partial charge is 0.306 e. The summed E-state index contributed by atoms with van der Waals surface area (Å²) in [6.45, 7) is 8.48. The second-order valence-corrected chi connectivity index (χ2v) is 22.1. The van der Waals surface area contributed by atoms with Crippen molar-refractivity contribution in [2.45, 2.75) is 118 Å².